The fraction of sp³-hybridized carbons (Fsp3) is 0.348. The van der Waals surface area contributed by atoms with E-state index in [9.17, 15) is 0 Å². The second kappa shape index (κ2) is 7.59. The molecule has 29 heavy (non-hydrogen) atoms. The van der Waals surface area contributed by atoms with Gasteiger partial charge in [0, 0.05) is 29.8 Å². The molecule has 0 spiro atoms. The minimum absolute atomic E-state index is 0.0222. The number of aromatic nitrogens is 3. The molecule has 3 aromatic heterocycles. The molecule has 0 unspecified atom stereocenters. The number of nitrogens with zero attached hydrogens (tertiary/aromatic N) is 4. The van der Waals surface area contributed by atoms with Crippen LogP contribution in [0.25, 0.3) is 5.69 Å². The van der Waals surface area contributed by atoms with Gasteiger partial charge in [0.25, 0.3) is 0 Å². The van der Waals surface area contributed by atoms with E-state index >= 15 is 0 Å². The SMILES string of the molecule is Cc1ccc([C@H]2[C@H](c3ccccn3)NC(=S)N2C2CCCC2)n1-c1cccnc1. The second-order valence-electron chi connectivity index (χ2n) is 7.92. The highest BCUT2D eigenvalue weighted by Crippen LogP contribution is 2.43. The van der Waals surface area contributed by atoms with Gasteiger partial charge in [0.15, 0.2) is 5.11 Å². The molecular weight excluding hydrogens is 378 g/mol. The van der Waals surface area contributed by atoms with E-state index < -0.39 is 0 Å². The highest BCUT2D eigenvalue weighted by atomic mass is 32.1. The van der Waals surface area contributed by atoms with Gasteiger partial charge >= 0.3 is 0 Å². The first-order valence-corrected chi connectivity index (χ1v) is 10.7. The molecule has 1 saturated carbocycles. The quantitative estimate of drug-likeness (QED) is 0.650. The number of hydrogen-bond acceptors (Lipinski definition) is 3. The van der Waals surface area contributed by atoms with Crippen LogP contribution >= 0.6 is 12.2 Å². The average molecular weight is 404 g/mol. The van der Waals surface area contributed by atoms with Crippen molar-refractivity contribution in [1.29, 1.82) is 0 Å². The van der Waals surface area contributed by atoms with Crippen LogP contribution < -0.4 is 5.32 Å². The third-order valence-electron chi connectivity index (χ3n) is 6.17. The molecule has 0 bridgehead atoms. The van der Waals surface area contributed by atoms with E-state index in [0.717, 1.165) is 16.5 Å². The molecule has 2 aliphatic rings. The summed E-state index contributed by atoms with van der Waals surface area (Å²) in [4.78, 5) is 11.5. The van der Waals surface area contributed by atoms with Gasteiger partial charge in [-0.05, 0) is 68.4 Å². The number of pyridine rings is 2. The van der Waals surface area contributed by atoms with Gasteiger partial charge in [-0.3, -0.25) is 9.97 Å². The van der Waals surface area contributed by atoms with E-state index in [-0.39, 0.29) is 12.1 Å². The van der Waals surface area contributed by atoms with Crippen molar-refractivity contribution in [2.45, 2.75) is 50.7 Å². The summed E-state index contributed by atoms with van der Waals surface area (Å²) in [5.41, 5.74) is 4.52. The number of aryl methyl sites for hydroxylation is 1. The Hall–Kier alpha value is -2.73. The van der Waals surface area contributed by atoms with Crippen molar-refractivity contribution in [3.8, 4) is 5.69 Å². The topological polar surface area (TPSA) is 46.0 Å². The van der Waals surface area contributed by atoms with Gasteiger partial charge in [0.2, 0.25) is 0 Å². The maximum atomic E-state index is 5.86. The Morgan fingerprint density at radius 1 is 1.03 bits per heavy atom. The van der Waals surface area contributed by atoms with E-state index in [1.54, 1.807) is 0 Å². The molecule has 0 amide bonds. The Morgan fingerprint density at radius 2 is 1.90 bits per heavy atom. The maximum absolute atomic E-state index is 5.86. The summed E-state index contributed by atoms with van der Waals surface area (Å²) in [6, 6.07) is 15.2. The smallest absolute Gasteiger partial charge is 0.170 e. The molecule has 5 rings (SSSR count). The first-order chi connectivity index (χ1) is 14.2. The standard InChI is InChI=1S/C23H25N5S/c1-16-11-12-20(27(16)18-9-6-13-24-15-18)22-21(19-10-4-5-14-25-19)26-23(29)28(22)17-7-2-3-8-17/h4-6,9-15,17,21-22H,2-3,7-8H2,1H3,(H,26,29)/t21-,22-/m0/s1. The summed E-state index contributed by atoms with van der Waals surface area (Å²) in [5, 5.41) is 4.44. The van der Waals surface area contributed by atoms with Crippen molar-refractivity contribution in [3.05, 3.63) is 78.1 Å². The normalized spacial score (nSPS) is 22.2. The van der Waals surface area contributed by atoms with Crippen LogP contribution in [0.1, 0.15) is 54.8 Å². The molecule has 1 saturated heterocycles. The Labute approximate surface area is 176 Å². The van der Waals surface area contributed by atoms with Gasteiger partial charge in [-0.15, -0.1) is 0 Å². The number of hydrogen-bond donors (Lipinski definition) is 1. The lowest BCUT2D eigenvalue weighted by Gasteiger charge is -2.33. The van der Waals surface area contributed by atoms with Crippen LogP contribution in [0.5, 0.6) is 0 Å². The summed E-state index contributed by atoms with van der Waals surface area (Å²) >= 11 is 5.86. The van der Waals surface area contributed by atoms with Crippen molar-refractivity contribution in [2.75, 3.05) is 0 Å². The molecule has 5 nitrogen and oxygen atoms in total. The molecule has 4 heterocycles. The molecule has 0 radical (unpaired) electrons. The summed E-state index contributed by atoms with van der Waals surface area (Å²) in [6.45, 7) is 2.15. The summed E-state index contributed by atoms with van der Waals surface area (Å²) in [7, 11) is 0. The lowest BCUT2D eigenvalue weighted by Crippen LogP contribution is -2.38. The fourth-order valence-electron chi connectivity index (χ4n) is 4.89. The highest BCUT2D eigenvalue weighted by Gasteiger charge is 2.45. The van der Waals surface area contributed by atoms with Crippen LogP contribution in [0.15, 0.2) is 61.1 Å². The van der Waals surface area contributed by atoms with Gasteiger partial charge in [0.05, 0.1) is 29.7 Å². The van der Waals surface area contributed by atoms with Crippen LogP contribution in [0, 0.1) is 6.92 Å². The van der Waals surface area contributed by atoms with E-state index in [0.29, 0.717) is 6.04 Å². The van der Waals surface area contributed by atoms with Crippen molar-refractivity contribution in [2.24, 2.45) is 0 Å². The third kappa shape index (κ3) is 3.21. The predicted molar refractivity (Wildman–Crippen MR) is 118 cm³/mol. The Kier molecular flexibility index (Phi) is 4.79. The Balaban J connectivity index is 1.65. The minimum atomic E-state index is 0.0222. The predicted octanol–water partition coefficient (Wildman–Crippen LogP) is 4.49. The zero-order valence-electron chi connectivity index (χ0n) is 16.5. The van der Waals surface area contributed by atoms with Crippen LogP contribution in [0.3, 0.4) is 0 Å². The van der Waals surface area contributed by atoms with E-state index in [1.165, 1.54) is 37.1 Å². The van der Waals surface area contributed by atoms with Crippen molar-refractivity contribution < 1.29 is 0 Å². The first-order valence-electron chi connectivity index (χ1n) is 10.3. The van der Waals surface area contributed by atoms with E-state index in [4.69, 9.17) is 12.2 Å². The number of rotatable bonds is 4. The van der Waals surface area contributed by atoms with Crippen molar-refractivity contribution >= 4 is 17.3 Å². The third-order valence-corrected chi connectivity index (χ3v) is 6.50. The molecule has 3 aromatic rings. The molecule has 1 aliphatic carbocycles. The monoisotopic (exact) mass is 403 g/mol. The van der Waals surface area contributed by atoms with Gasteiger partial charge in [-0.2, -0.15) is 0 Å². The minimum Gasteiger partial charge on any atom is -0.352 e. The fourth-order valence-corrected chi connectivity index (χ4v) is 5.28. The lowest BCUT2D eigenvalue weighted by molar-refractivity contribution is 0.239. The van der Waals surface area contributed by atoms with Crippen molar-refractivity contribution in [1.82, 2.24) is 24.8 Å². The number of thiocarbonyl (C=S) groups is 1. The average Bonchev–Trinajstić information content (AvgIpc) is 3.48. The lowest BCUT2D eigenvalue weighted by atomic mass is 9.99. The van der Waals surface area contributed by atoms with Crippen LogP contribution in [0.4, 0.5) is 0 Å². The van der Waals surface area contributed by atoms with Gasteiger partial charge in [-0.25, -0.2) is 0 Å². The second-order valence-corrected chi connectivity index (χ2v) is 8.31. The zero-order chi connectivity index (χ0) is 19.8. The summed E-state index contributed by atoms with van der Waals surface area (Å²) in [5.74, 6) is 0. The summed E-state index contributed by atoms with van der Waals surface area (Å²) in [6.07, 6.45) is 10.5. The Bertz CT molecular complexity index is 995. The van der Waals surface area contributed by atoms with Gasteiger partial charge < -0.3 is 14.8 Å². The highest BCUT2D eigenvalue weighted by molar-refractivity contribution is 7.80. The number of nitrogens with one attached hydrogen (secondary N) is 1. The van der Waals surface area contributed by atoms with Crippen molar-refractivity contribution in [3.63, 3.8) is 0 Å². The van der Waals surface area contributed by atoms with Crippen LogP contribution in [-0.4, -0.2) is 30.6 Å². The van der Waals surface area contributed by atoms with Crippen LogP contribution in [-0.2, 0) is 0 Å². The van der Waals surface area contributed by atoms with Gasteiger partial charge in [0.1, 0.15) is 0 Å². The van der Waals surface area contributed by atoms with E-state index in [2.05, 4.69) is 55.9 Å². The van der Waals surface area contributed by atoms with E-state index in [1.807, 2.05) is 36.8 Å². The molecular formula is C23H25N5S. The summed E-state index contributed by atoms with van der Waals surface area (Å²) < 4.78 is 2.31. The molecule has 148 valence electrons. The molecule has 2 fully saturated rings. The Morgan fingerprint density at radius 3 is 2.62 bits per heavy atom. The zero-order valence-corrected chi connectivity index (χ0v) is 17.3. The molecule has 6 heteroatoms. The molecule has 1 N–H and O–H groups in total. The first kappa shape index (κ1) is 18.3. The van der Waals surface area contributed by atoms with Crippen LogP contribution in [0.2, 0.25) is 0 Å². The molecule has 1 aliphatic heterocycles. The molecule has 0 aromatic carbocycles. The van der Waals surface area contributed by atoms with Gasteiger partial charge in [-0.1, -0.05) is 18.9 Å². The molecule has 2 atom stereocenters. The largest absolute Gasteiger partial charge is 0.352 e. The maximum Gasteiger partial charge on any atom is 0.170 e.